The molecule has 0 bridgehead atoms. The van der Waals surface area contributed by atoms with Gasteiger partial charge >= 0.3 is 0 Å². The Bertz CT molecular complexity index is 828. The fourth-order valence-electron chi connectivity index (χ4n) is 2.00. The van der Waals surface area contributed by atoms with Crippen molar-refractivity contribution in [3.8, 4) is 0 Å². The van der Waals surface area contributed by atoms with Crippen molar-refractivity contribution in [3.05, 3.63) is 51.7 Å². The van der Waals surface area contributed by atoms with Gasteiger partial charge in [-0.15, -0.1) is 0 Å². The number of aryl methyl sites for hydroxylation is 1. The van der Waals surface area contributed by atoms with Crippen LogP contribution in [0.5, 0.6) is 0 Å². The summed E-state index contributed by atoms with van der Waals surface area (Å²) in [5.41, 5.74) is 2.06. The molecule has 0 aliphatic heterocycles. The molecule has 0 aliphatic carbocycles. The lowest BCUT2D eigenvalue weighted by Crippen LogP contribution is -1.98. The van der Waals surface area contributed by atoms with Gasteiger partial charge < -0.3 is 8.92 Å². The molecule has 1 atom stereocenters. The Hall–Kier alpha value is -1.37. The Balaban J connectivity index is 1.78. The Morgan fingerprint density at radius 3 is 2.81 bits per heavy atom. The standard InChI is InChI=1S/C13H11Cl2N3O2S/c1-8-2-11(20-17-8)7-21(19)6-10-5-18-4-9(14)3-12(15)13(18)16-10/h2-5H,6-7H2,1H3. The molecular weight excluding hydrogens is 333 g/mol. The lowest BCUT2D eigenvalue weighted by Gasteiger charge is -1.95. The summed E-state index contributed by atoms with van der Waals surface area (Å²) in [5.74, 6) is 1.23. The third-order valence-corrected chi connectivity index (χ3v) is 4.52. The highest BCUT2D eigenvalue weighted by atomic mass is 35.5. The minimum atomic E-state index is -1.13. The van der Waals surface area contributed by atoms with Crippen LogP contribution in [0.1, 0.15) is 17.1 Å². The molecule has 0 saturated carbocycles. The van der Waals surface area contributed by atoms with Gasteiger partial charge in [0.05, 0.1) is 32.9 Å². The van der Waals surface area contributed by atoms with E-state index in [4.69, 9.17) is 27.7 Å². The van der Waals surface area contributed by atoms with Crippen LogP contribution in [-0.2, 0) is 22.3 Å². The van der Waals surface area contributed by atoms with Crippen LogP contribution in [0, 0.1) is 6.92 Å². The highest BCUT2D eigenvalue weighted by Crippen LogP contribution is 2.22. The van der Waals surface area contributed by atoms with Gasteiger partial charge in [0.15, 0.2) is 5.65 Å². The van der Waals surface area contributed by atoms with Crippen LogP contribution in [0.15, 0.2) is 29.0 Å². The largest absolute Gasteiger partial charge is 0.360 e. The number of hydrogen-bond acceptors (Lipinski definition) is 4. The van der Waals surface area contributed by atoms with Crippen LogP contribution in [-0.4, -0.2) is 18.8 Å². The van der Waals surface area contributed by atoms with Gasteiger partial charge in [0.25, 0.3) is 0 Å². The number of fused-ring (bicyclic) bond motifs is 1. The monoisotopic (exact) mass is 343 g/mol. The molecule has 3 rings (SSSR count). The van der Waals surface area contributed by atoms with Gasteiger partial charge in [-0.25, -0.2) is 4.98 Å². The lowest BCUT2D eigenvalue weighted by atomic mass is 10.4. The van der Waals surface area contributed by atoms with Crippen molar-refractivity contribution < 1.29 is 8.73 Å². The minimum Gasteiger partial charge on any atom is -0.360 e. The van der Waals surface area contributed by atoms with Crippen molar-refractivity contribution in [2.75, 3.05) is 0 Å². The summed E-state index contributed by atoms with van der Waals surface area (Å²) in [6.07, 6.45) is 3.48. The second-order valence-corrected chi connectivity index (χ2v) is 6.93. The summed E-state index contributed by atoms with van der Waals surface area (Å²) in [6.45, 7) is 1.82. The third kappa shape index (κ3) is 3.28. The van der Waals surface area contributed by atoms with Crippen molar-refractivity contribution in [2.24, 2.45) is 0 Å². The fraction of sp³-hybridized carbons (Fsp3) is 0.231. The molecule has 3 aromatic rings. The van der Waals surface area contributed by atoms with Crippen molar-refractivity contribution in [2.45, 2.75) is 18.4 Å². The highest BCUT2D eigenvalue weighted by molar-refractivity contribution is 7.83. The smallest absolute Gasteiger partial charge is 0.155 e. The second kappa shape index (κ2) is 5.79. The van der Waals surface area contributed by atoms with Crippen molar-refractivity contribution in [3.63, 3.8) is 0 Å². The molecule has 0 fully saturated rings. The average Bonchev–Trinajstić information content (AvgIpc) is 2.95. The normalized spacial score (nSPS) is 12.9. The molecule has 21 heavy (non-hydrogen) atoms. The molecule has 0 spiro atoms. The average molecular weight is 344 g/mol. The molecular formula is C13H11Cl2N3O2S. The third-order valence-electron chi connectivity index (χ3n) is 2.81. The molecule has 1 unspecified atom stereocenters. The Morgan fingerprint density at radius 2 is 2.10 bits per heavy atom. The Labute approximate surface area is 133 Å². The molecule has 0 radical (unpaired) electrons. The minimum absolute atomic E-state index is 0.309. The number of aromatic nitrogens is 3. The molecule has 0 amide bonds. The molecule has 3 heterocycles. The molecule has 0 N–H and O–H groups in total. The zero-order valence-electron chi connectivity index (χ0n) is 11.0. The zero-order chi connectivity index (χ0) is 15.0. The summed E-state index contributed by atoms with van der Waals surface area (Å²) in [5, 5.41) is 4.76. The van der Waals surface area contributed by atoms with E-state index < -0.39 is 10.8 Å². The summed E-state index contributed by atoms with van der Waals surface area (Å²) < 4.78 is 18.9. The van der Waals surface area contributed by atoms with Crippen LogP contribution in [0.4, 0.5) is 0 Å². The van der Waals surface area contributed by atoms with E-state index in [1.807, 2.05) is 6.92 Å². The van der Waals surface area contributed by atoms with Crippen LogP contribution in [0.3, 0.4) is 0 Å². The van der Waals surface area contributed by atoms with Crippen LogP contribution in [0.2, 0.25) is 10.0 Å². The number of pyridine rings is 1. The molecule has 8 heteroatoms. The van der Waals surface area contributed by atoms with Gasteiger partial charge in [0.2, 0.25) is 0 Å². The quantitative estimate of drug-likeness (QED) is 0.728. The molecule has 0 aromatic carbocycles. The predicted octanol–water partition coefficient (Wildman–Crippen LogP) is 3.39. The van der Waals surface area contributed by atoms with Crippen molar-refractivity contribution >= 4 is 39.6 Å². The van der Waals surface area contributed by atoms with E-state index in [0.29, 0.717) is 38.7 Å². The highest BCUT2D eigenvalue weighted by Gasteiger charge is 2.12. The van der Waals surface area contributed by atoms with Gasteiger partial charge in [-0.05, 0) is 13.0 Å². The number of halogens is 2. The number of nitrogens with zero attached hydrogens (tertiary/aromatic N) is 3. The molecule has 0 saturated heterocycles. The van der Waals surface area contributed by atoms with E-state index in [1.165, 1.54) is 0 Å². The first-order valence-corrected chi connectivity index (χ1v) is 8.35. The van der Waals surface area contributed by atoms with Gasteiger partial charge in [-0.3, -0.25) is 4.21 Å². The summed E-state index contributed by atoms with van der Waals surface area (Å²) in [6, 6.07) is 3.40. The molecule has 0 aliphatic rings. The van der Waals surface area contributed by atoms with E-state index in [-0.39, 0.29) is 0 Å². The summed E-state index contributed by atoms with van der Waals surface area (Å²) >= 11 is 12.0. The molecule has 3 aromatic heterocycles. The van der Waals surface area contributed by atoms with Gasteiger partial charge in [-0.1, -0.05) is 28.4 Å². The Morgan fingerprint density at radius 1 is 1.29 bits per heavy atom. The summed E-state index contributed by atoms with van der Waals surface area (Å²) in [4.78, 5) is 4.37. The maximum Gasteiger partial charge on any atom is 0.155 e. The van der Waals surface area contributed by atoms with Gasteiger partial charge in [0, 0.05) is 29.3 Å². The van der Waals surface area contributed by atoms with Crippen LogP contribution >= 0.6 is 23.2 Å². The second-order valence-electron chi connectivity index (χ2n) is 4.63. The van der Waals surface area contributed by atoms with Gasteiger partial charge in [0.1, 0.15) is 5.76 Å². The SMILES string of the molecule is Cc1cc(CS(=O)Cc2cn3cc(Cl)cc(Cl)c3n2)on1. The van der Waals surface area contributed by atoms with E-state index in [0.717, 1.165) is 5.69 Å². The van der Waals surface area contributed by atoms with Gasteiger partial charge in [-0.2, -0.15) is 0 Å². The van der Waals surface area contributed by atoms with E-state index in [1.54, 1.807) is 28.9 Å². The summed E-state index contributed by atoms with van der Waals surface area (Å²) in [7, 11) is -1.13. The maximum absolute atomic E-state index is 12.1. The van der Waals surface area contributed by atoms with E-state index >= 15 is 0 Å². The first-order chi connectivity index (χ1) is 10.0. The number of hydrogen-bond donors (Lipinski definition) is 0. The number of imidazole rings is 1. The first-order valence-electron chi connectivity index (χ1n) is 6.11. The predicted molar refractivity (Wildman–Crippen MR) is 82.0 cm³/mol. The van der Waals surface area contributed by atoms with E-state index in [9.17, 15) is 4.21 Å². The van der Waals surface area contributed by atoms with E-state index in [2.05, 4.69) is 10.1 Å². The zero-order valence-corrected chi connectivity index (χ0v) is 13.4. The topological polar surface area (TPSA) is 60.4 Å². The molecule has 5 nitrogen and oxygen atoms in total. The van der Waals surface area contributed by atoms with Crippen molar-refractivity contribution in [1.29, 1.82) is 0 Å². The van der Waals surface area contributed by atoms with Crippen LogP contribution < -0.4 is 0 Å². The van der Waals surface area contributed by atoms with Crippen molar-refractivity contribution in [1.82, 2.24) is 14.5 Å². The first kappa shape index (κ1) is 14.6. The fourth-order valence-corrected chi connectivity index (χ4v) is 3.56. The Kier molecular flexibility index (Phi) is 4.01. The maximum atomic E-state index is 12.1. The van der Waals surface area contributed by atoms with Crippen LogP contribution in [0.25, 0.3) is 5.65 Å². The number of rotatable bonds is 4. The lowest BCUT2D eigenvalue weighted by molar-refractivity contribution is 0.390. The molecule has 110 valence electrons.